The molecule has 40 heavy (non-hydrogen) atoms. The molecule has 2 heteroatoms. The summed E-state index contributed by atoms with van der Waals surface area (Å²) in [6.07, 6.45) is 49.1. The normalized spacial score (nSPS) is 12.2. The molecule has 0 atom stereocenters. The van der Waals surface area contributed by atoms with Crippen molar-refractivity contribution in [2.45, 2.75) is 181 Å². The summed E-state index contributed by atoms with van der Waals surface area (Å²) in [7, 11) is 0. The van der Waals surface area contributed by atoms with Gasteiger partial charge in [0.15, 0.2) is 0 Å². The Morgan fingerprint density at radius 1 is 0.375 bits per heavy atom. The van der Waals surface area contributed by atoms with Crippen molar-refractivity contribution in [2.24, 2.45) is 0 Å². The lowest BCUT2D eigenvalue weighted by Crippen LogP contribution is -2.21. The van der Waals surface area contributed by atoms with Gasteiger partial charge in [0.25, 0.3) is 0 Å². The molecular formula is C38H73NO. The second-order valence-corrected chi connectivity index (χ2v) is 11.9. The predicted molar refractivity (Wildman–Crippen MR) is 182 cm³/mol. The molecule has 0 amide bonds. The maximum absolute atomic E-state index is 5.81. The molecule has 0 spiro atoms. The fourth-order valence-corrected chi connectivity index (χ4v) is 5.06. The summed E-state index contributed by atoms with van der Waals surface area (Å²) in [5.74, 6) is 0. The van der Waals surface area contributed by atoms with Crippen LogP contribution in [-0.2, 0) is 4.74 Å². The van der Waals surface area contributed by atoms with E-state index in [1.54, 1.807) is 0 Å². The quantitative estimate of drug-likeness (QED) is 0.0625. The molecular weight excluding hydrogens is 486 g/mol. The lowest BCUT2D eigenvalue weighted by Gasteiger charge is -2.06. The van der Waals surface area contributed by atoms with Crippen LogP contribution < -0.4 is 5.32 Å². The Kier molecular flexibility index (Phi) is 37.3. The molecule has 2 nitrogen and oxygen atoms in total. The lowest BCUT2D eigenvalue weighted by atomic mass is 10.1. The molecule has 0 unspecified atom stereocenters. The van der Waals surface area contributed by atoms with Crippen molar-refractivity contribution < 1.29 is 4.74 Å². The van der Waals surface area contributed by atoms with E-state index in [0.717, 1.165) is 32.7 Å². The summed E-state index contributed by atoms with van der Waals surface area (Å²) < 4.78 is 5.81. The van der Waals surface area contributed by atoms with Gasteiger partial charge in [0.2, 0.25) is 0 Å². The van der Waals surface area contributed by atoms with Gasteiger partial charge in [-0.15, -0.1) is 0 Å². The monoisotopic (exact) mass is 560 g/mol. The smallest absolute Gasteiger partial charge is 0.0590 e. The first-order valence-corrected chi connectivity index (χ1v) is 18.1. The number of nitrogens with one attached hydrogen (secondary N) is 1. The SMILES string of the molecule is CCCCCC=CCC=CCCCCCCCCNCCOCCCCCCCCC=CCCCCCCCC. The van der Waals surface area contributed by atoms with E-state index in [0.29, 0.717) is 0 Å². The van der Waals surface area contributed by atoms with Gasteiger partial charge in [0.05, 0.1) is 6.61 Å². The molecule has 0 aromatic carbocycles. The van der Waals surface area contributed by atoms with Gasteiger partial charge in [-0.05, 0) is 77.2 Å². The topological polar surface area (TPSA) is 21.3 Å². The Hall–Kier alpha value is -0.860. The molecule has 0 fully saturated rings. The zero-order valence-corrected chi connectivity index (χ0v) is 27.6. The third-order valence-electron chi connectivity index (χ3n) is 7.78. The minimum atomic E-state index is 0.868. The van der Waals surface area contributed by atoms with Gasteiger partial charge in [-0.2, -0.15) is 0 Å². The van der Waals surface area contributed by atoms with E-state index in [2.05, 4.69) is 55.6 Å². The van der Waals surface area contributed by atoms with E-state index < -0.39 is 0 Å². The Bertz CT molecular complexity index is 524. The van der Waals surface area contributed by atoms with Crippen LogP contribution in [0.3, 0.4) is 0 Å². The molecule has 0 aliphatic carbocycles. The van der Waals surface area contributed by atoms with E-state index in [1.807, 2.05) is 0 Å². The molecule has 0 aromatic heterocycles. The zero-order valence-electron chi connectivity index (χ0n) is 27.6. The highest BCUT2D eigenvalue weighted by atomic mass is 16.5. The number of unbranched alkanes of at least 4 members (excludes halogenated alkanes) is 21. The molecule has 0 saturated heterocycles. The largest absolute Gasteiger partial charge is 0.380 e. The second kappa shape index (κ2) is 38.1. The van der Waals surface area contributed by atoms with Crippen molar-refractivity contribution in [1.82, 2.24) is 5.32 Å². The number of hydrogen-bond acceptors (Lipinski definition) is 2. The van der Waals surface area contributed by atoms with Crippen LogP contribution in [0.15, 0.2) is 36.5 Å². The Balaban J connectivity index is 3.12. The fraction of sp³-hybridized carbons (Fsp3) is 0.842. The van der Waals surface area contributed by atoms with Crippen LogP contribution in [0.4, 0.5) is 0 Å². The number of hydrogen-bond donors (Lipinski definition) is 1. The van der Waals surface area contributed by atoms with Crippen LogP contribution in [0, 0.1) is 0 Å². The average Bonchev–Trinajstić information content (AvgIpc) is 2.97. The summed E-state index contributed by atoms with van der Waals surface area (Å²) in [6, 6.07) is 0. The molecule has 0 bridgehead atoms. The predicted octanol–water partition coefficient (Wildman–Crippen LogP) is 12.4. The molecule has 0 rings (SSSR count). The van der Waals surface area contributed by atoms with Crippen molar-refractivity contribution in [1.29, 1.82) is 0 Å². The Morgan fingerprint density at radius 3 is 1.32 bits per heavy atom. The molecule has 0 aliphatic rings. The average molecular weight is 560 g/mol. The number of ether oxygens (including phenoxy) is 1. The first kappa shape index (κ1) is 39.1. The van der Waals surface area contributed by atoms with E-state index in [9.17, 15) is 0 Å². The third kappa shape index (κ3) is 37.1. The molecule has 0 aromatic rings. The van der Waals surface area contributed by atoms with Crippen molar-refractivity contribution in [2.75, 3.05) is 26.3 Å². The van der Waals surface area contributed by atoms with E-state index in [-0.39, 0.29) is 0 Å². The summed E-state index contributed by atoms with van der Waals surface area (Å²) in [4.78, 5) is 0. The van der Waals surface area contributed by atoms with E-state index >= 15 is 0 Å². The van der Waals surface area contributed by atoms with Gasteiger partial charge in [0.1, 0.15) is 0 Å². The van der Waals surface area contributed by atoms with Crippen molar-refractivity contribution in [3.05, 3.63) is 36.5 Å². The minimum Gasteiger partial charge on any atom is -0.380 e. The Morgan fingerprint density at radius 2 is 0.775 bits per heavy atom. The van der Waals surface area contributed by atoms with Gasteiger partial charge in [-0.25, -0.2) is 0 Å². The van der Waals surface area contributed by atoms with Gasteiger partial charge in [-0.3, -0.25) is 0 Å². The fourth-order valence-electron chi connectivity index (χ4n) is 5.06. The maximum Gasteiger partial charge on any atom is 0.0590 e. The molecule has 0 radical (unpaired) electrons. The van der Waals surface area contributed by atoms with Crippen LogP contribution in [0.25, 0.3) is 0 Å². The van der Waals surface area contributed by atoms with Crippen LogP contribution in [0.2, 0.25) is 0 Å². The summed E-state index contributed by atoms with van der Waals surface area (Å²) in [6.45, 7) is 8.51. The highest BCUT2D eigenvalue weighted by molar-refractivity contribution is 4.92. The van der Waals surface area contributed by atoms with Crippen LogP contribution in [0.5, 0.6) is 0 Å². The molecule has 0 aliphatic heterocycles. The summed E-state index contributed by atoms with van der Waals surface area (Å²) in [5.41, 5.74) is 0. The van der Waals surface area contributed by atoms with Crippen molar-refractivity contribution in [3.63, 3.8) is 0 Å². The van der Waals surface area contributed by atoms with Gasteiger partial charge in [0, 0.05) is 13.2 Å². The number of rotatable bonds is 34. The van der Waals surface area contributed by atoms with Crippen molar-refractivity contribution >= 4 is 0 Å². The highest BCUT2D eigenvalue weighted by Crippen LogP contribution is 2.10. The highest BCUT2D eigenvalue weighted by Gasteiger charge is 1.94. The molecule has 236 valence electrons. The minimum absolute atomic E-state index is 0.868. The van der Waals surface area contributed by atoms with Gasteiger partial charge < -0.3 is 10.1 Å². The van der Waals surface area contributed by atoms with E-state index in [1.165, 1.54) is 161 Å². The van der Waals surface area contributed by atoms with Crippen LogP contribution in [-0.4, -0.2) is 26.3 Å². The van der Waals surface area contributed by atoms with Gasteiger partial charge >= 0.3 is 0 Å². The van der Waals surface area contributed by atoms with E-state index in [4.69, 9.17) is 4.74 Å². The molecule has 0 saturated carbocycles. The number of allylic oxidation sites excluding steroid dienone is 6. The standard InChI is InChI=1S/C38H73NO/c1-3-5-7-9-11-13-15-17-19-21-23-25-27-29-31-33-35-39-36-38-40-37-34-32-30-28-26-24-22-20-18-16-14-12-10-8-6-4-2/h11,13,17-20,39H,3-10,12,14-16,21-38H2,1-2H3. The van der Waals surface area contributed by atoms with Crippen LogP contribution in [0.1, 0.15) is 181 Å². The Labute approximate surface area is 253 Å². The summed E-state index contributed by atoms with van der Waals surface area (Å²) >= 11 is 0. The first-order chi connectivity index (χ1) is 19.9. The van der Waals surface area contributed by atoms with Crippen molar-refractivity contribution in [3.8, 4) is 0 Å². The van der Waals surface area contributed by atoms with Gasteiger partial charge in [-0.1, -0.05) is 147 Å². The van der Waals surface area contributed by atoms with Crippen LogP contribution >= 0.6 is 0 Å². The molecule has 1 N–H and O–H groups in total. The molecule has 0 heterocycles. The summed E-state index contributed by atoms with van der Waals surface area (Å²) in [5, 5.41) is 3.55. The lowest BCUT2D eigenvalue weighted by molar-refractivity contribution is 0.131. The first-order valence-electron chi connectivity index (χ1n) is 18.1. The maximum atomic E-state index is 5.81. The second-order valence-electron chi connectivity index (χ2n) is 11.9. The zero-order chi connectivity index (χ0) is 28.9. The third-order valence-corrected chi connectivity index (χ3v) is 7.78.